The number of carboxylic acids is 1. The van der Waals surface area contributed by atoms with Gasteiger partial charge in [-0.25, -0.2) is 0 Å². The lowest BCUT2D eigenvalue weighted by molar-refractivity contribution is -0.140. The zero-order valence-electron chi connectivity index (χ0n) is 12.0. The lowest BCUT2D eigenvalue weighted by Crippen LogP contribution is -2.38. The zero-order valence-corrected chi connectivity index (χ0v) is 12.0. The second kappa shape index (κ2) is 6.22. The molecular formula is C17H20N2O2. The maximum atomic E-state index is 11.7. The highest BCUT2D eigenvalue weighted by atomic mass is 16.4. The average molecular weight is 284 g/mol. The summed E-state index contributed by atoms with van der Waals surface area (Å²) in [5.74, 6) is -0.835. The third kappa shape index (κ3) is 3.05. The molecule has 1 unspecified atom stereocenters. The molecule has 1 heterocycles. The van der Waals surface area contributed by atoms with Gasteiger partial charge in [-0.1, -0.05) is 43.5 Å². The molecule has 21 heavy (non-hydrogen) atoms. The van der Waals surface area contributed by atoms with Crippen molar-refractivity contribution in [2.24, 2.45) is 0 Å². The van der Waals surface area contributed by atoms with Crippen LogP contribution >= 0.6 is 0 Å². The molecule has 1 atom stereocenters. The first-order valence-electron chi connectivity index (χ1n) is 7.57. The number of hydrogen-bond donors (Lipinski definition) is 2. The molecule has 1 saturated carbocycles. The first-order chi connectivity index (χ1) is 10.3. The fraction of sp³-hybridized carbons (Fsp3) is 0.412. The van der Waals surface area contributed by atoms with Crippen LogP contribution in [0, 0.1) is 0 Å². The molecule has 3 rings (SSSR count). The van der Waals surface area contributed by atoms with Gasteiger partial charge in [0.25, 0.3) is 0 Å². The van der Waals surface area contributed by atoms with E-state index in [9.17, 15) is 9.90 Å². The van der Waals surface area contributed by atoms with Crippen LogP contribution in [0.15, 0.2) is 36.7 Å². The Labute approximate surface area is 124 Å². The number of carbonyl (C=O) groups is 1. The van der Waals surface area contributed by atoms with Crippen LogP contribution < -0.4 is 5.32 Å². The fourth-order valence-electron chi connectivity index (χ4n) is 3.17. The normalized spacial score (nSPS) is 17.7. The van der Waals surface area contributed by atoms with Gasteiger partial charge in [-0.15, -0.1) is 0 Å². The van der Waals surface area contributed by atoms with Gasteiger partial charge in [0, 0.05) is 29.4 Å². The minimum absolute atomic E-state index is 0.291. The van der Waals surface area contributed by atoms with Crippen molar-refractivity contribution in [3.8, 4) is 0 Å². The zero-order chi connectivity index (χ0) is 14.7. The van der Waals surface area contributed by atoms with Gasteiger partial charge in [-0.3, -0.25) is 15.1 Å². The van der Waals surface area contributed by atoms with Crippen molar-refractivity contribution in [1.82, 2.24) is 10.3 Å². The van der Waals surface area contributed by atoms with Crippen LogP contribution in [-0.2, 0) is 4.79 Å². The van der Waals surface area contributed by atoms with E-state index in [1.54, 1.807) is 12.4 Å². The highest BCUT2D eigenvalue weighted by Gasteiger charge is 2.26. The van der Waals surface area contributed by atoms with Crippen molar-refractivity contribution in [3.63, 3.8) is 0 Å². The summed E-state index contributed by atoms with van der Waals surface area (Å²) in [4.78, 5) is 15.9. The fourth-order valence-corrected chi connectivity index (χ4v) is 3.17. The van der Waals surface area contributed by atoms with Crippen LogP contribution in [0.5, 0.6) is 0 Å². The number of rotatable bonds is 4. The van der Waals surface area contributed by atoms with Gasteiger partial charge in [0.15, 0.2) is 0 Å². The Kier molecular flexibility index (Phi) is 4.15. The quantitative estimate of drug-likeness (QED) is 0.904. The van der Waals surface area contributed by atoms with Crippen molar-refractivity contribution in [2.75, 3.05) is 0 Å². The van der Waals surface area contributed by atoms with Crippen LogP contribution in [0.2, 0.25) is 0 Å². The van der Waals surface area contributed by atoms with Crippen molar-refractivity contribution in [2.45, 2.75) is 44.2 Å². The molecule has 4 heteroatoms. The van der Waals surface area contributed by atoms with E-state index in [1.165, 1.54) is 19.3 Å². The molecule has 0 radical (unpaired) electrons. The molecule has 1 aliphatic carbocycles. The monoisotopic (exact) mass is 284 g/mol. The van der Waals surface area contributed by atoms with Crippen molar-refractivity contribution in [3.05, 3.63) is 42.2 Å². The molecule has 0 amide bonds. The molecule has 1 aromatic heterocycles. The lowest BCUT2D eigenvalue weighted by Gasteiger charge is -2.27. The Morgan fingerprint density at radius 2 is 1.95 bits per heavy atom. The van der Waals surface area contributed by atoms with Crippen LogP contribution in [-0.4, -0.2) is 22.1 Å². The first kappa shape index (κ1) is 14.0. The number of nitrogens with zero attached hydrogens (tertiary/aromatic N) is 1. The van der Waals surface area contributed by atoms with Crippen LogP contribution in [0.3, 0.4) is 0 Å². The molecule has 0 bridgehead atoms. The van der Waals surface area contributed by atoms with Crippen LogP contribution in [0.4, 0.5) is 0 Å². The van der Waals surface area contributed by atoms with Gasteiger partial charge in [0.1, 0.15) is 6.04 Å². The molecule has 2 N–H and O–H groups in total. The summed E-state index contributed by atoms with van der Waals surface area (Å²) in [5.41, 5.74) is 0.756. The van der Waals surface area contributed by atoms with E-state index >= 15 is 0 Å². The topological polar surface area (TPSA) is 62.2 Å². The summed E-state index contributed by atoms with van der Waals surface area (Å²) in [5, 5.41) is 14.9. The third-order valence-corrected chi connectivity index (χ3v) is 4.26. The summed E-state index contributed by atoms with van der Waals surface area (Å²) in [6, 6.07) is 7.41. The Morgan fingerprint density at radius 3 is 2.71 bits per heavy atom. The van der Waals surface area contributed by atoms with E-state index < -0.39 is 12.0 Å². The summed E-state index contributed by atoms with van der Waals surface area (Å²) in [6.07, 6.45) is 9.18. The Hall–Kier alpha value is -1.94. The second-order valence-electron chi connectivity index (χ2n) is 5.72. The molecule has 1 aromatic carbocycles. The summed E-state index contributed by atoms with van der Waals surface area (Å²) < 4.78 is 0. The highest BCUT2D eigenvalue weighted by Crippen LogP contribution is 2.26. The molecule has 0 aliphatic heterocycles. The minimum Gasteiger partial charge on any atom is -0.480 e. The van der Waals surface area contributed by atoms with Crippen molar-refractivity contribution in [1.29, 1.82) is 0 Å². The lowest BCUT2D eigenvalue weighted by atomic mass is 9.93. The summed E-state index contributed by atoms with van der Waals surface area (Å²) in [7, 11) is 0. The highest BCUT2D eigenvalue weighted by molar-refractivity contribution is 5.89. The molecular weight excluding hydrogens is 264 g/mol. The van der Waals surface area contributed by atoms with E-state index in [1.807, 2.05) is 24.3 Å². The summed E-state index contributed by atoms with van der Waals surface area (Å²) in [6.45, 7) is 0. The molecule has 2 aromatic rings. The van der Waals surface area contributed by atoms with E-state index in [2.05, 4.69) is 10.3 Å². The van der Waals surface area contributed by atoms with Gasteiger partial charge < -0.3 is 5.11 Å². The molecule has 0 spiro atoms. The maximum Gasteiger partial charge on any atom is 0.325 e. The number of fused-ring (bicyclic) bond motifs is 1. The van der Waals surface area contributed by atoms with Crippen LogP contribution in [0.25, 0.3) is 10.8 Å². The van der Waals surface area contributed by atoms with E-state index in [0.717, 1.165) is 29.2 Å². The minimum atomic E-state index is -0.835. The van der Waals surface area contributed by atoms with Gasteiger partial charge in [0.05, 0.1) is 0 Å². The second-order valence-corrected chi connectivity index (χ2v) is 5.72. The first-order valence-corrected chi connectivity index (χ1v) is 7.57. The molecule has 4 nitrogen and oxygen atoms in total. The van der Waals surface area contributed by atoms with E-state index in [0.29, 0.717) is 6.04 Å². The summed E-state index contributed by atoms with van der Waals surface area (Å²) >= 11 is 0. The molecule has 1 fully saturated rings. The number of carboxylic acid groups (broad SMARTS) is 1. The van der Waals surface area contributed by atoms with Crippen molar-refractivity contribution >= 4 is 16.7 Å². The number of aliphatic carboxylic acids is 1. The maximum absolute atomic E-state index is 11.7. The van der Waals surface area contributed by atoms with E-state index in [-0.39, 0.29) is 0 Å². The van der Waals surface area contributed by atoms with Crippen LogP contribution in [0.1, 0.15) is 43.7 Å². The number of benzene rings is 1. The largest absolute Gasteiger partial charge is 0.480 e. The Bertz CT molecular complexity index is 630. The third-order valence-electron chi connectivity index (χ3n) is 4.26. The Morgan fingerprint density at radius 1 is 1.19 bits per heavy atom. The van der Waals surface area contributed by atoms with Gasteiger partial charge >= 0.3 is 5.97 Å². The van der Waals surface area contributed by atoms with E-state index in [4.69, 9.17) is 0 Å². The number of hydrogen-bond acceptors (Lipinski definition) is 3. The SMILES string of the molecule is O=C(O)C(NC1CCCCC1)c1cncc2ccccc12. The standard InChI is InChI=1S/C17H20N2O2/c20-17(21)16(19-13-7-2-1-3-8-13)15-11-18-10-12-6-4-5-9-14(12)15/h4-6,9-11,13,16,19H,1-3,7-8H2,(H,20,21). The predicted molar refractivity (Wildman–Crippen MR) is 82.1 cm³/mol. The van der Waals surface area contributed by atoms with Crippen molar-refractivity contribution < 1.29 is 9.90 Å². The van der Waals surface area contributed by atoms with Gasteiger partial charge in [-0.05, 0) is 18.2 Å². The molecule has 1 aliphatic rings. The predicted octanol–water partition coefficient (Wildman–Crippen LogP) is 3.28. The Balaban J connectivity index is 1.93. The van der Waals surface area contributed by atoms with Gasteiger partial charge in [0.2, 0.25) is 0 Å². The smallest absolute Gasteiger partial charge is 0.325 e. The molecule has 110 valence electrons. The number of nitrogens with one attached hydrogen (secondary N) is 1. The number of aromatic nitrogens is 1. The average Bonchev–Trinajstić information content (AvgIpc) is 2.53. The van der Waals surface area contributed by atoms with Gasteiger partial charge in [-0.2, -0.15) is 0 Å². The number of pyridine rings is 1. The molecule has 0 saturated heterocycles.